The predicted molar refractivity (Wildman–Crippen MR) is 86.3 cm³/mol. The van der Waals surface area contributed by atoms with Gasteiger partial charge in [0.15, 0.2) is 5.54 Å². The van der Waals surface area contributed by atoms with E-state index in [-0.39, 0.29) is 13.2 Å². The number of likely N-dealkylation sites (N-methyl/N-ethyl adjacent to an activating group) is 1. The van der Waals surface area contributed by atoms with Gasteiger partial charge in [-0.2, -0.15) is 0 Å². The number of hydrogen-bond donors (Lipinski definition) is 1. The summed E-state index contributed by atoms with van der Waals surface area (Å²) in [6, 6.07) is 8.31. The molecule has 1 atom stereocenters. The van der Waals surface area contributed by atoms with Gasteiger partial charge >= 0.3 is 18.1 Å². The standard InChI is InChI=1S/C17H22N2O5/c1-16(2,3)17(13(20)21)11-18(4)14(22)19(17)15(23)24-10-12-8-6-5-7-9-12/h5-9H,10-11H2,1-4H3,(H,20,21). The number of carbonyl (C=O) groups is 3. The van der Waals surface area contributed by atoms with Crippen molar-refractivity contribution in [2.24, 2.45) is 5.41 Å². The van der Waals surface area contributed by atoms with Gasteiger partial charge in [-0.05, 0) is 11.0 Å². The number of rotatable bonds is 3. The van der Waals surface area contributed by atoms with Crippen LogP contribution in [0.2, 0.25) is 0 Å². The number of urea groups is 1. The lowest BCUT2D eigenvalue weighted by Gasteiger charge is -2.41. The highest BCUT2D eigenvalue weighted by molar-refractivity contribution is 6.01. The van der Waals surface area contributed by atoms with Crippen LogP contribution in [0.25, 0.3) is 0 Å². The molecule has 0 aromatic heterocycles. The van der Waals surface area contributed by atoms with E-state index in [1.807, 2.05) is 6.07 Å². The van der Waals surface area contributed by atoms with Gasteiger partial charge < -0.3 is 14.7 Å². The molecule has 1 saturated heterocycles. The number of imide groups is 1. The third-order valence-electron chi connectivity index (χ3n) is 4.35. The highest BCUT2D eigenvalue weighted by Crippen LogP contribution is 2.41. The molecule has 1 fully saturated rings. The first-order chi connectivity index (χ1) is 11.1. The van der Waals surface area contributed by atoms with Gasteiger partial charge in [-0.1, -0.05) is 51.1 Å². The fraction of sp³-hybridized carbons (Fsp3) is 0.471. The SMILES string of the molecule is CN1CC(C(=O)O)(C(C)(C)C)N(C(=O)OCc2ccccc2)C1=O. The zero-order valence-corrected chi connectivity index (χ0v) is 14.3. The minimum Gasteiger partial charge on any atom is -0.479 e. The monoisotopic (exact) mass is 334 g/mol. The molecular weight excluding hydrogens is 312 g/mol. The van der Waals surface area contributed by atoms with Gasteiger partial charge in [-0.3, -0.25) is 0 Å². The summed E-state index contributed by atoms with van der Waals surface area (Å²) in [5, 5.41) is 9.81. The van der Waals surface area contributed by atoms with Crippen molar-refractivity contribution in [3.05, 3.63) is 35.9 Å². The number of nitrogens with zero attached hydrogens (tertiary/aromatic N) is 2. The number of ether oxygens (including phenoxy) is 1. The van der Waals surface area contributed by atoms with Gasteiger partial charge in [0.25, 0.3) is 0 Å². The summed E-state index contributed by atoms with van der Waals surface area (Å²) in [6.07, 6.45) is -0.953. The second-order valence-electron chi connectivity index (χ2n) is 6.93. The largest absolute Gasteiger partial charge is 0.479 e. The fourth-order valence-corrected chi connectivity index (χ4v) is 2.89. The van der Waals surface area contributed by atoms with Crippen molar-refractivity contribution in [2.45, 2.75) is 32.9 Å². The first kappa shape index (κ1) is 17.8. The van der Waals surface area contributed by atoms with Crippen molar-refractivity contribution in [1.82, 2.24) is 9.80 Å². The van der Waals surface area contributed by atoms with Crippen LogP contribution >= 0.6 is 0 Å². The van der Waals surface area contributed by atoms with Gasteiger partial charge in [0.05, 0.1) is 6.54 Å². The Morgan fingerprint density at radius 2 is 1.83 bits per heavy atom. The normalized spacial score (nSPS) is 21.1. The Labute approximate surface area is 140 Å². The molecule has 0 saturated carbocycles. The Kier molecular flexibility index (Phi) is 4.55. The lowest BCUT2D eigenvalue weighted by Crippen LogP contribution is -2.63. The van der Waals surface area contributed by atoms with Gasteiger partial charge in [0.1, 0.15) is 6.61 Å². The minimum absolute atomic E-state index is 0.0347. The summed E-state index contributed by atoms with van der Waals surface area (Å²) in [5.74, 6) is -1.23. The van der Waals surface area contributed by atoms with Crippen molar-refractivity contribution >= 4 is 18.1 Å². The van der Waals surface area contributed by atoms with Gasteiger partial charge in [-0.25, -0.2) is 19.3 Å². The van der Waals surface area contributed by atoms with E-state index >= 15 is 0 Å². The predicted octanol–water partition coefficient (Wildman–Crippen LogP) is 2.56. The average Bonchev–Trinajstić information content (AvgIpc) is 2.79. The van der Waals surface area contributed by atoms with Crippen LogP contribution in [0.3, 0.4) is 0 Å². The zero-order chi connectivity index (χ0) is 18.1. The highest BCUT2D eigenvalue weighted by Gasteiger charge is 2.64. The molecule has 1 aromatic rings. The number of benzene rings is 1. The van der Waals surface area contributed by atoms with Crippen LogP contribution in [0.5, 0.6) is 0 Å². The molecule has 24 heavy (non-hydrogen) atoms. The molecule has 1 aromatic carbocycles. The first-order valence-corrected chi connectivity index (χ1v) is 7.60. The third kappa shape index (κ3) is 2.81. The van der Waals surface area contributed by atoms with Crippen LogP contribution in [0, 0.1) is 5.41 Å². The molecule has 0 radical (unpaired) electrons. The van der Waals surface area contributed by atoms with Crippen LogP contribution in [0.15, 0.2) is 30.3 Å². The van der Waals surface area contributed by atoms with Crippen molar-refractivity contribution < 1.29 is 24.2 Å². The first-order valence-electron chi connectivity index (χ1n) is 7.60. The van der Waals surface area contributed by atoms with E-state index in [0.717, 1.165) is 10.5 Å². The summed E-state index contributed by atoms with van der Waals surface area (Å²) >= 11 is 0. The summed E-state index contributed by atoms with van der Waals surface area (Å²) in [5.41, 5.74) is -1.81. The van der Waals surface area contributed by atoms with E-state index in [1.54, 1.807) is 45.0 Å². The molecule has 7 nitrogen and oxygen atoms in total. The molecule has 1 heterocycles. The Bertz CT molecular complexity index is 653. The summed E-state index contributed by atoms with van der Waals surface area (Å²) in [7, 11) is 1.47. The molecule has 0 spiro atoms. The van der Waals surface area contributed by atoms with Crippen molar-refractivity contribution in [2.75, 3.05) is 13.6 Å². The van der Waals surface area contributed by atoms with Crippen molar-refractivity contribution in [3.8, 4) is 0 Å². The number of aliphatic carboxylic acids is 1. The van der Waals surface area contributed by atoms with Crippen LogP contribution < -0.4 is 0 Å². The number of amides is 3. The van der Waals surface area contributed by atoms with Crippen LogP contribution in [-0.4, -0.2) is 52.1 Å². The van der Waals surface area contributed by atoms with Crippen molar-refractivity contribution in [3.63, 3.8) is 0 Å². The van der Waals surface area contributed by atoms with Gasteiger partial charge in [0, 0.05) is 7.05 Å². The summed E-state index contributed by atoms with van der Waals surface area (Å²) in [4.78, 5) is 38.9. The molecule has 0 aliphatic carbocycles. The number of carbonyl (C=O) groups excluding carboxylic acids is 2. The molecule has 0 bridgehead atoms. The third-order valence-corrected chi connectivity index (χ3v) is 4.35. The Morgan fingerprint density at radius 3 is 2.33 bits per heavy atom. The van der Waals surface area contributed by atoms with Crippen LogP contribution in [0.1, 0.15) is 26.3 Å². The van der Waals surface area contributed by atoms with Crippen LogP contribution in [-0.2, 0) is 16.1 Å². The summed E-state index contributed by atoms with van der Waals surface area (Å²) < 4.78 is 5.21. The highest BCUT2D eigenvalue weighted by atomic mass is 16.6. The maximum absolute atomic E-state index is 12.5. The van der Waals surface area contributed by atoms with E-state index in [2.05, 4.69) is 0 Å². The topological polar surface area (TPSA) is 87.2 Å². The Balaban J connectivity index is 2.31. The lowest BCUT2D eigenvalue weighted by molar-refractivity contribution is -0.154. The summed E-state index contributed by atoms with van der Waals surface area (Å²) in [6.45, 7) is 4.93. The number of carboxylic acids is 1. The molecule has 3 amide bonds. The number of hydrogen-bond acceptors (Lipinski definition) is 4. The molecule has 1 unspecified atom stereocenters. The van der Waals surface area contributed by atoms with E-state index in [0.29, 0.717) is 0 Å². The van der Waals surface area contributed by atoms with E-state index in [1.165, 1.54) is 11.9 Å². The molecule has 7 heteroatoms. The van der Waals surface area contributed by atoms with Gasteiger partial charge in [0.2, 0.25) is 0 Å². The lowest BCUT2D eigenvalue weighted by atomic mass is 9.73. The quantitative estimate of drug-likeness (QED) is 0.918. The second kappa shape index (κ2) is 6.14. The smallest absolute Gasteiger partial charge is 0.419 e. The molecule has 130 valence electrons. The molecule has 1 aliphatic heterocycles. The fourth-order valence-electron chi connectivity index (χ4n) is 2.89. The zero-order valence-electron chi connectivity index (χ0n) is 14.3. The maximum Gasteiger partial charge on any atom is 0.419 e. The minimum atomic E-state index is -1.69. The molecule has 1 N–H and O–H groups in total. The molecule has 2 rings (SSSR count). The van der Waals surface area contributed by atoms with Crippen LogP contribution in [0.4, 0.5) is 9.59 Å². The Hall–Kier alpha value is -2.57. The second-order valence-corrected chi connectivity index (χ2v) is 6.93. The van der Waals surface area contributed by atoms with Gasteiger partial charge in [-0.15, -0.1) is 0 Å². The Morgan fingerprint density at radius 1 is 1.25 bits per heavy atom. The number of carboxylic acid groups (broad SMARTS) is 1. The van der Waals surface area contributed by atoms with E-state index in [4.69, 9.17) is 4.74 Å². The van der Waals surface area contributed by atoms with Crippen molar-refractivity contribution in [1.29, 1.82) is 0 Å². The van der Waals surface area contributed by atoms with E-state index in [9.17, 15) is 19.5 Å². The molecule has 1 aliphatic rings. The molecular formula is C17H22N2O5. The van der Waals surface area contributed by atoms with E-state index < -0.39 is 29.0 Å². The maximum atomic E-state index is 12.5. The average molecular weight is 334 g/mol.